The van der Waals surface area contributed by atoms with Gasteiger partial charge >= 0.3 is 12.2 Å². The number of cyclic esters (lactones) is 1. The van der Waals surface area contributed by atoms with Gasteiger partial charge in [-0.2, -0.15) is 0 Å². The second-order valence-electron chi connectivity index (χ2n) is 10.7. The molecule has 234 valence electrons. The van der Waals surface area contributed by atoms with E-state index >= 15 is 8.78 Å². The zero-order chi connectivity index (χ0) is 31.4. The van der Waals surface area contributed by atoms with Crippen LogP contribution in [0.5, 0.6) is 0 Å². The maximum Gasteiger partial charge on any atom is 0.508 e. The van der Waals surface area contributed by atoms with E-state index in [4.69, 9.17) is 14.2 Å². The van der Waals surface area contributed by atoms with Crippen molar-refractivity contribution in [3.8, 4) is 0 Å². The molecule has 3 aromatic rings. The number of hydrogen-bond donors (Lipinski definition) is 1. The Labute approximate surface area is 250 Å². The van der Waals surface area contributed by atoms with Crippen molar-refractivity contribution in [2.75, 3.05) is 62.3 Å². The van der Waals surface area contributed by atoms with Crippen LogP contribution in [-0.2, 0) is 19.0 Å². The summed E-state index contributed by atoms with van der Waals surface area (Å²) >= 11 is 0. The fourth-order valence-corrected chi connectivity index (χ4v) is 4.76. The maximum absolute atomic E-state index is 15.2. The molecule has 0 aliphatic carbocycles. The molecule has 2 aromatic heterocycles. The summed E-state index contributed by atoms with van der Waals surface area (Å²) in [6.07, 6.45) is 3.65. The first-order valence-electron chi connectivity index (χ1n) is 14.0. The van der Waals surface area contributed by atoms with Gasteiger partial charge in [-0.15, -0.1) is 0 Å². The molecule has 4 heterocycles. The number of fused-ring (bicyclic) bond motifs is 1. The Morgan fingerprint density at radius 1 is 1.11 bits per heavy atom. The number of halogens is 2. The van der Waals surface area contributed by atoms with Crippen molar-refractivity contribution in [3.05, 3.63) is 54.2 Å². The predicted molar refractivity (Wildman–Crippen MR) is 150 cm³/mol. The quantitative estimate of drug-likeness (QED) is 0.355. The molecule has 1 aromatic carbocycles. The van der Waals surface area contributed by atoms with E-state index in [-0.39, 0.29) is 81.4 Å². The Bertz CT molecular complexity index is 1500. The molecule has 14 nitrogen and oxygen atoms in total. The summed E-state index contributed by atoms with van der Waals surface area (Å²) in [5.74, 6) is -2.53. The van der Waals surface area contributed by atoms with Crippen molar-refractivity contribution < 1.29 is 42.2 Å². The van der Waals surface area contributed by atoms with Crippen molar-refractivity contribution >= 4 is 41.1 Å². The summed E-state index contributed by atoms with van der Waals surface area (Å²) in [5.41, 5.74) is 0.293. The van der Waals surface area contributed by atoms with Crippen LogP contribution in [0.4, 0.5) is 29.7 Å². The van der Waals surface area contributed by atoms with E-state index in [1.54, 1.807) is 16.8 Å². The second kappa shape index (κ2) is 13.1. The van der Waals surface area contributed by atoms with Crippen LogP contribution in [-0.4, -0.2) is 102 Å². The van der Waals surface area contributed by atoms with Gasteiger partial charge in [0.2, 0.25) is 5.91 Å². The van der Waals surface area contributed by atoms with E-state index in [1.807, 2.05) is 13.8 Å². The molecule has 5 rings (SSSR count). The molecular formula is C28H31F2N7O7. The van der Waals surface area contributed by atoms with Gasteiger partial charge in [0.05, 0.1) is 31.6 Å². The summed E-state index contributed by atoms with van der Waals surface area (Å²) in [4.78, 5) is 61.3. The normalized spacial score (nSPS) is 16.8. The Morgan fingerprint density at radius 3 is 2.52 bits per heavy atom. The molecule has 1 N–H and O–H groups in total. The Hall–Kier alpha value is -5.02. The number of benzene rings is 1. The standard InChI is InChI=1S/C28H31F2N7O7/c1-17(2)15-42-28(41)43-16-19-13-37(27(40)44-19)18-9-20(29)25(21(30)10-18)35-7-5-34(6-8-35)24(38)12-32-26(39)22-14-36-4-3-31-11-23(36)33-22/h3-4,9-11,14,17,19H,5-8,12-13,15-16H2,1-2H3,(H,32,39)/t19-/m1/s1. The first-order valence-corrected chi connectivity index (χ1v) is 14.0. The minimum atomic E-state index is -0.901. The van der Waals surface area contributed by atoms with Crippen LogP contribution >= 0.6 is 0 Å². The number of anilines is 2. The first kappa shape index (κ1) is 30.4. The number of ether oxygens (including phenoxy) is 3. The van der Waals surface area contributed by atoms with Crippen LogP contribution in [0.15, 0.2) is 36.9 Å². The number of imidazole rings is 1. The number of rotatable bonds is 9. The fraction of sp³-hybridized carbons (Fsp3) is 0.429. The molecule has 3 amide bonds. The van der Waals surface area contributed by atoms with Crippen molar-refractivity contribution in [2.24, 2.45) is 5.92 Å². The molecule has 0 radical (unpaired) electrons. The highest BCUT2D eigenvalue weighted by atomic mass is 19.1. The number of carbonyl (C=O) groups is 4. The molecule has 0 spiro atoms. The Morgan fingerprint density at radius 2 is 1.84 bits per heavy atom. The molecule has 1 atom stereocenters. The average molecular weight is 616 g/mol. The van der Waals surface area contributed by atoms with Crippen molar-refractivity contribution in [3.63, 3.8) is 0 Å². The molecule has 0 unspecified atom stereocenters. The lowest BCUT2D eigenvalue weighted by Gasteiger charge is -2.36. The third kappa shape index (κ3) is 6.95. The molecule has 2 fully saturated rings. The van der Waals surface area contributed by atoms with Gasteiger partial charge in [0.15, 0.2) is 23.4 Å². The molecule has 2 aliphatic rings. The maximum atomic E-state index is 15.2. The zero-order valence-electron chi connectivity index (χ0n) is 24.1. The van der Waals surface area contributed by atoms with Crippen LogP contribution in [0.1, 0.15) is 24.3 Å². The molecule has 0 bridgehead atoms. The monoisotopic (exact) mass is 615 g/mol. The van der Waals surface area contributed by atoms with Crippen molar-refractivity contribution in [1.82, 2.24) is 24.6 Å². The van der Waals surface area contributed by atoms with Gasteiger partial charge in [-0.1, -0.05) is 13.8 Å². The number of nitrogens with one attached hydrogen (secondary N) is 1. The van der Waals surface area contributed by atoms with Gasteiger partial charge in [0.25, 0.3) is 5.91 Å². The van der Waals surface area contributed by atoms with Crippen molar-refractivity contribution in [2.45, 2.75) is 20.0 Å². The third-order valence-corrected chi connectivity index (χ3v) is 6.95. The highest BCUT2D eigenvalue weighted by Crippen LogP contribution is 2.31. The SMILES string of the molecule is CC(C)COC(=O)OC[C@H]1CN(c2cc(F)c(N3CCN(C(=O)CNC(=O)c4cn5ccncc5n4)CC3)c(F)c2)C(=O)O1. The fourth-order valence-electron chi connectivity index (χ4n) is 4.76. The summed E-state index contributed by atoms with van der Waals surface area (Å²) in [6, 6.07) is 2.06. The lowest BCUT2D eigenvalue weighted by atomic mass is 10.2. The predicted octanol–water partition coefficient (Wildman–Crippen LogP) is 2.22. The number of carbonyl (C=O) groups excluding carboxylic acids is 4. The highest BCUT2D eigenvalue weighted by Gasteiger charge is 2.35. The highest BCUT2D eigenvalue weighted by molar-refractivity contribution is 5.95. The van der Waals surface area contributed by atoms with E-state index in [2.05, 4.69) is 15.3 Å². The van der Waals surface area contributed by atoms with Gasteiger partial charge in [0.1, 0.15) is 18.0 Å². The van der Waals surface area contributed by atoms with E-state index in [0.29, 0.717) is 5.65 Å². The molecule has 44 heavy (non-hydrogen) atoms. The molecule has 2 aliphatic heterocycles. The molecule has 2 saturated heterocycles. The minimum absolute atomic E-state index is 0.0509. The number of hydrogen-bond acceptors (Lipinski definition) is 10. The van der Waals surface area contributed by atoms with E-state index < -0.39 is 35.9 Å². The van der Waals surface area contributed by atoms with Crippen molar-refractivity contribution in [1.29, 1.82) is 0 Å². The summed E-state index contributed by atoms with van der Waals surface area (Å²) in [5, 5.41) is 2.55. The summed E-state index contributed by atoms with van der Waals surface area (Å²) in [6.45, 7) is 3.92. The Kier molecular flexibility index (Phi) is 9.06. The zero-order valence-corrected chi connectivity index (χ0v) is 24.1. The molecule has 16 heteroatoms. The summed E-state index contributed by atoms with van der Waals surface area (Å²) < 4.78 is 47.1. The number of aromatic nitrogens is 3. The smallest absolute Gasteiger partial charge is 0.440 e. The van der Waals surface area contributed by atoms with Crippen LogP contribution in [0, 0.1) is 17.6 Å². The third-order valence-electron chi connectivity index (χ3n) is 6.95. The lowest BCUT2D eigenvalue weighted by molar-refractivity contribution is -0.130. The van der Waals surface area contributed by atoms with Gasteiger partial charge in [-0.3, -0.25) is 19.5 Å². The first-order chi connectivity index (χ1) is 21.1. The van der Waals surface area contributed by atoms with Gasteiger partial charge in [0, 0.05) is 56.9 Å². The average Bonchev–Trinajstić information content (AvgIpc) is 3.61. The topological polar surface area (TPSA) is 148 Å². The van der Waals surface area contributed by atoms with Gasteiger partial charge in [-0.05, 0) is 5.92 Å². The van der Waals surface area contributed by atoms with Crippen LogP contribution < -0.4 is 15.1 Å². The van der Waals surface area contributed by atoms with E-state index in [1.165, 1.54) is 22.2 Å². The second-order valence-corrected chi connectivity index (χ2v) is 10.7. The van der Waals surface area contributed by atoms with Crippen LogP contribution in [0.2, 0.25) is 0 Å². The molecular weight excluding hydrogens is 584 g/mol. The van der Waals surface area contributed by atoms with Crippen LogP contribution in [0.25, 0.3) is 5.65 Å². The number of amides is 3. The lowest BCUT2D eigenvalue weighted by Crippen LogP contribution is -2.51. The van der Waals surface area contributed by atoms with Crippen LogP contribution in [0.3, 0.4) is 0 Å². The van der Waals surface area contributed by atoms with E-state index in [9.17, 15) is 19.2 Å². The Balaban J connectivity index is 1.12. The van der Waals surface area contributed by atoms with Gasteiger partial charge in [-0.25, -0.2) is 23.4 Å². The van der Waals surface area contributed by atoms with Gasteiger partial charge < -0.3 is 33.7 Å². The summed E-state index contributed by atoms with van der Waals surface area (Å²) in [7, 11) is 0. The largest absolute Gasteiger partial charge is 0.508 e. The number of nitrogens with zero attached hydrogens (tertiary/aromatic N) is 6. The van der Waals surface area contributed by atoms with E-state index in [0.717, 1.165) is 17.0 Å². The molecule has 0 saturated carbocycles. The minimum Gasteiger partial charge on any atom is -0.440 e. The number of piperazine rings is 1.